The van der Waals surface area contributed by atoms with Crippen LogP contribution in [0.25, 0.3) is 0 Å². The lowest BCUT2D eigenvalue weighted by atomic mass is 10.1. The Kier molecular flexibility index (Phi) is 5.80. The Morgan fingerprint density at radius 1 is 1.36 bits per heavy atom. The highest BCUT2D eigenvalue weighted by atomic mass is 32.2. The van der Waals surface area contributed by atoms with Crippen molar-refractivity contribution in [3.05, 3.63) is 28.3 Å². The number of nitro benzene ring substituents is 1. The molecule has 1 saturated heterocycles. The third-order valence-corrected chi connectivity index (χ3v) is 5.21. The van der Waals surface area contributed by atoms with Crippen molar-refractivity contribution in [2.75, 3.05) is 31.8 Å². The number of rotatable bonds is 5. The first-order valence-electron chi connectivity index (χ1n) is 7.56. The molecule has 0 aliphatic carbocycles. The number of nitro groups is 1. The van der Waals surface area contributed by atoms with Gasteiger partial charge in [-0.2, -0.15) is 0 Å². The molecule has 0 aromatic heterocycles. The van der Waals surface area contributed by atoms with Gasteiger partial charge in [-0.05, 0) is 25.0 Å². The van der Waals surface area contributed by atoms with Gasteiger partial charge in [0.25, 0.3) is 5.69 Å². The number of carbonyl (C=O) groups excluding carboxylic acids is 1. The molecule has 1 heterocycles. The van der Waals surface area contributed by atoms with Gasteiger partial charge in [-0.3, -0.25) is 10.1 Å². The molecule has 0 atom stereocenters. The molecule has 1 aliphatic rings. The quantitative estimate of drug-likeness (QED) is 0.589. The summed E-state index contributed by atoms with van der Waals surface area (Å²) in [5.41, 5.74) is -0.224. The number of piperidine rings is 1. The molecule has 0 radical (unpaired) electrons. The van der Waals surface area contributed by atoms with Gasteiger partial charge in [0.05, 0.1) is 24.4 Å². The zero-order valence-electron chi connectivity index (χ0n) is 13.9. The Hall–Kier alpha value is -2.40. The summed E-state index contributed by atoms with van der Waals surface area (Å²) in [4.78, 5) is 22.6. The van der Waals surface area contributed by atoms with Gasteiger partial charge in [0, 0.05) is 19.1 Å². The van der Waals surface area contributed by atoms with E-state index >= 15 is 0 Å². The van der Waals surface area contributed by atoms with E-state index in [4.69, 9.17) is 4.74 Å². The average molecular weight is 372 g/mol. The predicted molar refractivity (Wildman–Crippen MR) is 91.2 cm³/mol. The van der Waals surface area contributed by atoms with E-state index in [1.807, 2.05) is 0 Å². The van der Waals surface area contributed by atoms with E-state index < -0.39 is 21.0 Å². The first-order chi connectivity index (χ1) is 11.7. The van der Waals surface area contributed by atoms with Crippen LogP contribution in [0.3, 0.4) is 0 Å². The van der Waals surface area contributed by atoms with Crippen LogP contribution < -0.4 is 15.4 Å². The second kappa shape index (κ2) is 7.66. The number of anilines is 1. The SMILES string of the molecule is COc1ccc(NC(=O)NC2CCN(S(C)(=O)=O)CC2)c([N+](=O)[O-])c1. The third-order valence-electron chi connectivity index (χ3n) is 3.91. The fourth-order valence-corrected chi connectivity index (χ4v) is 3.44. The molecule has 10 nitrogen and oxygen atoms in total. The van der Waals surface area contributed by atoms with Crippen LogP contribution in [0.5, 0.6) is 5.75 Å². The van der Waals surface area contributed by atoms with Crippen LogP contribution in [0, 0.1) is 10.1 Å². The molecule has 11 heteroatoms. The van der Waals surface area contributed by atoms with Crippen LogP contribution in [0.1, 0.15) is 12.8 Å². The molecular formula is C14H20N4O6S. The maximum Gasteiger partial charge on any atom is 0.319 e. The van der Waals surface area contributed by atoms with Crippen molar-refractivity contribution in [1.29, 1.82) is 0 Å². The summed E-state index contributed by atoms with van der Waals surface area (Å²) in [6.45, 7) is 0.652. The summed E-state index contributed by atoms with van der Waals surface area (Å²) in [5, 5.41) is 16.3. The van der Waals surface area contributed by atoms with Crippen LogP contribution in [0.2, 0.25) is 0 Å². The lowest BCUT2D eigenvalue weighted by molar-refractivity contribution is -0.384. The normalized spacial score (nSPS) is 16.2. The van der Waals surface area contributed by atoms with E-state index in [0.717, 1.165) is 6.26 Å². The minimum Gasteiger partial charge on any atom is -0.496 e. The first-order valence-corrected chi connectivity index (χ1v) is 9.40. The Bertz CT molecular complexity index is 759. The van der Waals surface area contributed by atoms with Gasteiger partial charge in [0.1, 0.15) is 11.4 Å². The van der Waals surface area contributed by atoms with Crippen molar-refractivity contribution in [2.45, 2.75) is 18.9 Å². The number of amides is 2. The number of ether oxygens (including phenoxy) is 1. The Balaban J connectivity index is 1.96. The van der Waals surface area contributed by atoms with Gasteiger partial charge in [0.15, 0.2) is 0 Å². The van der Waals surface area contributed by atoms with Crippen LogP contribution in [0.15, 0.2) is 18.2 Å². The molecule has 25 heavy (non-hydrogen) atoms. The van der Waals surface area contributed by atoms with Crippen molar-refractivity contribution in [3.63, 3.8) is 0 Å². The van der Waals surface area contributed by atoms with Crippen LogP contribution in [-0.4, -0.2) is 56.2 Å². The molecule has 1 aromatic carbocycles. The molecule has 0 saturated carbocycles. The second-order valence-corrected chi connectivity index (χ2v) is 7.66. The number of hydrogen-bond donors (Lipinski definition) is 2. The summed E-state index contributed by atoms with van der Waals surface area (Å²) >= 11 is 0. The van der Waals surface area contributed by atoms with Crippen molar-refractivity contribution in [3.8, 4) is 5.75 Å². The number of urea groups is 1. The van der Waals surface area contributed by atoms with Crippen LogP contribution in [-0.2, 0) is 10.0 Å². The summed E-state index contributed by atoms with van der Waals surface area (Å²) in [7, 11) is -1.84. The Labute approximate surface area is 145 Å². The van der Waals surface area contributed by atoms with E-state index in [-0.39, 0.29) is 17.4 Å². The molecule has 0 bridgehead atoms. The number of carbonyl (C=O) groups is 1. The van der Waals surface area contributed by atoms with Crippen molar-refractivity contribution >= 4 is 27.4 Å². The van der Waals surface area contributed by atoms with Gasteiger partial charge in [-0.1, -0.05) is 0 Å². The number of benzene rings is 1. The maximum atomic E-state index is 12.1. The number of nitrogens with zero attached hydrogens (tertiary/aromatic N) is 2. The Morgan fingerprint density at radius 2 is 2.00 bits per heavy atom. The number of sulfonamides is 1. The lowest BCUT2D eigenvalue weighted by Crippen LogP contribution is -2.47. The molecular weight excluding hydrogens is 352 g/mol. The zero-order chi connectivity index (χ0) is 18.6. The molecule has 138 valence electrons. The molecule has 2 N–H and O–H groups in total. The molecule has 0 unspecified atom stereocenters. The smallest absolute Gasteiger partial charge is 0.319 e. The highest BCUT2D eigenvalue weighted by molar-refractivity contribution is 7.88. The minimum atomic E-state index is -3.23. The van der Waals surface area contributed by atoms with E-state index in [0.29, 0.717) is 31.7 Å². The summed E-state index contributed by atoms with van der Waals surface area (Å²) in [6, 6.07) is 3.34. The Morgan fingerprint density at radius 3 is 2.52 bits per heavy atom. The first kappa shape index (κ1) is 18.9. The summed E-state index contributed by atoms with van der Waals surface area (Å²) in [5.74, 6) is 0.311. The van der Waals surface area contributed by atoms with Gasteiger partial charge < -0.3 is 15.4 Å². The van der Waals surface area contributed by atoms with E-state index in [1.165, 1.54) is 29.6 Å². The number of hydrogen-bond acceptors (Lipinski definition) is 6. The molecule has 1 aromatic rings. The van der Waals surface area contributed by atoms with Crippen molar-refractivity contribution in [2.24, 2.45) is 0 Å². The van der Waals surface area contributed by atoms with Crippen molar-refractivity contribution < 1.29 is 22.9 Å². The second-order valence-electron chi connectivity index (χ2n) is 5.67. The maximum absolute atomic E-state index is 12.1. The summed E-state index contributed by atoms with van der Waals surface area (Å²) < 4.78 is 29.2. The minimum absolute atomic E-state index is 0.0527. The van der Waals surface area contributed by atoms with Gasteiger partial charge in [0.2, 0.25) is 10.0 Å². The topological polar surface area (TPSA) is 131 Å². The fraction of sp³-hybridized carbons (Fsp3) is 0.500. The highest BCUT2D eigenvalue weighted by Gasteiger charge is 2.26. The zero-order valence-corrected chi connectivity index (χ0v) is 14.7. The highest BCUT2D eigenvalue weighted by Crippen LogP contribution is 2.28. The van der Waals surface area contributed by atoms with Crippen molar-refractivity contribution in [1.82, 2.24) is 9.62 Å². The standard InChI is InChI=1S/C14H20N4O6S/c1-24-11-3-4-12(13(9-11)18(20)21)16-14(19)15-10-5-7-17(8-6-10)25(2,22)23/h3-4,9-10H,5-8H2,1-2H3,(H2,15,16,19). The van der Waals surface area contributed by atoms with E-state index in [1.54, 1.807) is 0 Å². The fourth-order valence-electron chi connectivity index (χ4n) is 2.57. The number of methoxy groups -OCH3 is 1. The van der Waals surface area contributed by atoms with Gasteiger partial charge >= 0.3 is 6.03 Å². The van der Waals surface area contributed by atoms with Gasteiger partial charge in [-0.25, -0.2) is 17.5 Å². The molecule has 0 spiro atoms. The van der Waals surface area contributed by atoms with Gasteiger partial charge in [-0.15, -0.1) is 0 Å². The molecule has 1 fully saturated rings. The van der Waals surface area contributed by atoms with E-state index in [9.17, 15) is 23.3 Å². The average Bonchev–Trinajstić information content (AvgIpc) is 2.54. The number of nitrogens with one attached hydrogen (secondary N) is 2. The monoisotopic (exact) mass is 372 g/mol. The predicted octanol–water partition coefficient (Wildman–Crippen LogP) is 1.15. The summed E-state index contributed by atoms with van der Waals surface area (Å²) in [6.07, 6.45) is 2.10. The molecule has 1 aliphatic heterocycles. The van der Waals surface area contributed by atoms with Crippen LogP contribution >= 0.6 is 0 Å². The van der Waals surface area contributed by atoms with Crippen LogP contribution in [0.4, 0.5) is 16.2 Å². The molecule has 2 amide bonds. The third kappa shape index (κ3) is 5.03. The van der Waals surface area contributed by atoms with E-state index in [2.05, 4.69) is 10.6 Å². The largest absolute Gasteiger partial charge is 0.496 e. The lowest BCUT2D eigenvalue weighted by Gasteiger charge is -2.30. The molecule has 2 rings (SSSR count).